The van der Waals surface area contributed by atoms with Crippen molar-refractivity contribution in [3.05, 3.63) is 12.3 Å². The number of nitrogens with zero attached hydrogens (tertiary/aromatic N) is 1. The van der Waals surface area contributed by atoms with E-state index in [1.807, 2.05) is 0 Å². The van der Waals surface area contributed by atoms with E-state index in [9.17, 15) is 4.79 Å². The first-order valence-electron chi connectivity index (χ1n) is 3.46. The van der Waals surface area contributed by atoms with Crippen LogP contribution in [0.4, 0.5) is 4.79 Å². The fourth-order valence-electron chi connectivity index (χ4n) is 1.56. The molecule has 3 heteroatoms. The maximum Gasteiger partial charge on any atom is 0.415 e. The van der Waals surface area contributed by atoms with Crippen molar-refractivity contribution in [3.8, 4) is 0 Å². The number of hydrogen-bond donors (Lipinski definition) is 0. The van der Waals surface area contributed by atoms with Gasteiger partial charge in [0.05, 0.1) is 6.04 Å². The second-order valence-corrected chi connectivity index (χ2v) is 2.69. The van der Waals surface area contributed by atoms with Crippen LogP contribution in [0.25, 0.3) is 0 Å². The zero-order chi connectivity index (χ0) is 7.14. The first kappa shape index (κ1) is 5.77. The standard InChI is InChI=1S/C7H9NO2/c1-5-6-3-2-4-8(6)7(9)10-5/h6H,1-4H2. The Morgan fingerprint density at radius 1 is 1.70 bits per heavy atom. The summed E-state index contributed by atoms with van der Waals surface area (Å²) in [6.45, 7) is 4.50. The molecule has 0 radical (unpaired) electrons. The summed E-state index contributed by atoms with van der Waals surface area (Å²) in [5.41, 5.74) is 0. The molecule has 0 aromatic carbocycles. The third-order valence-corrected chi connectivity index (χ3v) is 2.08. The molecule has 2 rings (SSSR count). The van der Waals surface area contributed by atoms with Gasteiger partial charge in [-0.15, -0.1) is 0 Å². The van der Waals surface area contributed by atoms with Crippen LogP contribution in [0.2, 0.25) is 0 Å². The van der Waals surface area contributed by atoms with E-state index in [4.69, 9.17) is 4.74 Å². The van der Waals surface area contributed by atoms with Crippen LogP contribution in [0, 0.1) is 0 Å². The highest BCUT2D eigenvalue weighted by Gasteiger charge is 2.39. The Labute approximate surface area is 59.3 Å². The van der Waals surface area contributed by atoms with Crippen molar-refractivity contribution in [2.45, 2.75) is 18.9 Å². The zero-order valence-corrected chi connectivity index (χ0v) is 5.67. The van der Waals surface area contributed by atoms with Gasteiger partial charge in [0.25, 0.3) is 0 Å². The topological polar surface area (TPSA) is 29.5 Å². The largest absolute Gasteiger partial charge is 0.415 e. The van der Waals surface area contributed by atoms with Crippen LogP contribution in [0.1, 0.15) is 12.8 Å². The lowest BCUT2D eigenvalue weighted by Gasteiger charge is -2.08. The molecule has 0 saturated carbocycles. The lowest BCUT2D eigenvalue weighted by Crippen LogP contribution is -2.26. The highest BCUT2D eigenvalue weighted by Crippen LogP contribution is 2.30. The molecule has 0 N–H and O–H groups in total. The Balaban J connectivity index is 2.27. The van der Waals surface area contributed by atoms with Gasteiger partial charge in [-0.3, -0.25) is 4.90 Å². The van der Waals surface area contributed by atoms with E-state index >= 15 is 0 Å². The first-order valence-corrected chi connectivity index (χ1v) is 3.46. The maximum atomic E-state index is 10.9. The summed E-state index contributed by atoms with van der Waals surface area (Å²) >= 11 is 0. The molecule has 0 aliphatic carbocycles. The number of amides is 1. The number of carbonyl (C=O) groups excluding carboxylic acids is 1. The molecule has 2 fully saturated rings. The van der Waals surface area contributed by atoms with Gasteiger partial charge in [-0.2, -0.15) is 0 Å². The summed E-state index contributed by atoms with van der Waals surface area (Å²) < 4.78 is 4.82. The summed E-state index contributed by atoms with van der Waals surface area (Å²) in [5, 5.41) is 0. The normalized spacial score (nSPS) is 30.8. The average molecular weight is 139 g/mol. The minimum absolute atomic E-state index is 0.187. The number of cyclic esters (lactones) is 1. The van der Waals surface area contributed by atoms with Crippen LogP contribution in [-0.2, 0) is 4.74 Å². The minimum atomic E-state index is -0.215. The predicted octanol–water partition coefficient (Wildman–Crippen LogP) is 1.11. The average Bonchev–Trinajstić information content (AvgIpc) is 2.39. The molecule has 2 saturated heterocycles. The zero-order valence-electron chi connectivity index (χ0n) is 5.67. The minimum Gasteiger partial charge on any atom is -0.413 e. The van der Waals surface area contributed by atoms with Gasteiger partial charge in [0.2, 0.25) is 0 Å². The molecule has 2 aliphatic heterocycles. The number of fused-ring (bicyclic) bond motifs is 1. The molecular weight excluding hydrogens is 130 g/mol. The monoisotopic (exact) mass is 139 g/mol. The Morgan fingerprint density at radius 3 is 3.20 bits per heavy atom. The van der Waals surface area contributed by atoms with Crippen molar-refractivity contribution in [2.75, 3.05) is 6.54 Å². The lowest BCUT2D eigenvalue weighted by atomic mass is 10.2. The SMILES string of the molecule is C=C1OC(=O)N2CCCC12. The molecule has 3 nitrogen and oxygen atoms in total. The maximum absolute atomic E-state index is 10.9. The van der Waals surface area contributed by atoms with E-state index in [1.54, 1.807) is 4.90 Å². The van der Waals surface area contributed by atoms with Crippen molar-refractivity contribution in [3.63, 3.8) is 0 Å². The van der Waals surface area contributed by atoms with Crippen LogP contribution < -0.4 is 0 Å². The van der Waals surface area contributed by atoms with Gasteiger partial charge in [-0.25, -0.2) is 4.79 Å². The molecule has 0 aromatic heterocycles. The Morgan fingerprint density at radius 2 is 2.50 bits per heavy atom. The second-order valence-electron chi connectivity index (χ2n) is 2.69. The number of carbonyl (C=O) groups is 1. The van der Waals surface area contributed by atoms with Crippen LogP contribution in [-0.4, -0.2) is 23.6 Å². The lowest BCUT2D eigenvalue weighted by molar-refractivity contribution is 0.170. The number of rotatable bonds is 0. The molecular formula is C7H9NO2. The third-order valence-electron chi connectivity index (χ3n) is 2.08. The molecule has 0 spiro atoms. The van der Waals surface area contributed by atoms with Crippen molar-refractivity contribution in [2.24, 2.45) is 0 Å². The van der Waals surface area contributed by atoms with Gasteiger partial charge in [0, 0.05) is 6.54 Å². The molecule has 2 heterocycles. The van der Waals surface area contributed by atoms with E-state index < -0.39 is 0 Å². The number of ether oxygens (including phenoxy) is 1. The molecule has 1 unspecified atom stereocenters. The summed E-state index contributed by atoms with van der Waals surface area (Å²) in [4.78, 5) is 12.6. The quantitative estimate of drug-likeness (QED) is 0.503. The van der Waals surface area contributed by atoms with Gasteiger partial charge >= 0.3 is 6.09 Å². The van der Waals surface area contributed by atoms with Crippen molar-refractivity contribution < 1.29 is 9.53 Å². The smallest absolute Gasteiger partial charge is 0.413 e. The fraction of sp³-hybridized carbons (Fsp3) is 0.571. The molecule has 54 valence electrons. The summed E-state index contributed by atoms with van der Waals surface area (Å²) in [7, 11) is 0. The molecule has 0 aromatic rings. The van der Waals surface area contributed by atoms with Crippen LogP contribution >= 0.6 is 0 Å². The van der Waals surface area contributed by atoms with Crippen LogP contribution in [0.3, 0.4) is 0 Å². The fourth-order valence-corrected chi connectivity index (χ4v) is 1.56. The molecule has 1 atom stereocenters. The Bertz CT molecular complexity index is 180. The first-order chi connectivity index (χ1) is 4.79. The highest BCUT2D eigenvalue weighted by molar-refractivity contribution is 5.73. The number of hydrogen-bond acceptors (Lipinski definition) is 2. The van der Waals surface area contributed by atoms with E-state index in [1.165, 1.54) is 0 Å². The molecule has 2 aliphatic rings. The molecule has 10 heavy (non-hydrogen) atoms. The van der Waals surface area contributed by atoms with E-state index in [0.717, 1.165) is 19.4 Å². The molecule has 0 bridgehead atoms. The van der Waals surface area contributed by atoms with E-state index in [2.05, 4.69) is 6.58 Å². The van der Waals surface area contributed by atoms with Crippen LogP contribution in [0.15, 0.2) is 12.3 Å². The van der Waals surface area contributed by atoms with Gasteiger partial charge in [0.15, 0.2) is 0 Å². The Hall–Kier alpha value is -0.990. The third kappa shape index (κ3) is 0.574. The van der Waals surface area contributed by atoms with Crippen LogP contribution in [0.5, 0.6) is 0 Å². The van der Waals surface area contributed by atoms with Crippen molar-refractivity contribution in [1.29, 1.82) is 0 Å². The van der Waals surface area contributed by atoms with E-state index in [0.29, 0.717) is 5.76 Å². The predicted molar refractivity (Wildman–Crippen MR) is 35.3 cm³/mol. The summed E-state index contributed by atoms with van der Waals surface area (Å²) in [6, 6.07) is 0.187. The summed E-state index contributed by atoms with van der Waals surface area (Å²) in [5.74, 6) is 0.627. The summed E-state index contributed by atoms with van der Waals surface area (Å²) in [6.07, 6.45) is 1.89. The van der Waals surface area contributed by atoms with Gasteiger partial charge in [0.1, 0.15) is 5.76 Å². The molecule has 1 amide bonds. The Kier molecular flexibility index (Phi) is 1.01. The highest BCUT2D eigenvalue weighted by atomic mass is 16.6. The van der Waals surface area contributed by atoms with Crippen molar-refractivity contribution >= 4 is 6.09 Å². The van der Waals surface area contributed by atoms with Crippen molar-refractivity contribution in [1.82, 2.24) is 4.90 Å². The van der Waals surface area contributed by atoms with E-state index in [-0.39, 0.29) is 12.1 Å². The van der Waals surface area contributed by atoms with Gasteiger partial charge in [-0.05, 0) is 12.8 Å². The second kappa shape index (κ2) is 1.75. The van der Waals surface area contributed by atoms with Gasteiger partial charge in [-0.1, -0.05) is 6.58 Å². The van der Waals surface area contributed by atoms with Gasteiger partial charge < -0.3 is 4.74 Å².